The van der Waals surface area contributed by atoms with Crippen molar-refractivity contribution in [3.63, 3.8) is 0 Å². The van der Waals surface area contributed by atoms with Gasteiger partial charge in [-0.1, -0.05) is 0 Å². The molecule has 0 unspecified atom stereocenters. The number of rotatable bonds is 7. The summed E-state index contributed by atoms with van der Waals surface area (Å²) in [5, 5.41) is 3.99. The number of hydrogen-bond donors (Lipinski definition) is 1. The molecule has 5 nitrogen and oxygen atoms in total. The molecule has 0 bridgehead atoms. The van der Waals surface area contributed by atoms with Gasteiger partial charge in [-0.05, 0) is 51.7 Å². The van der Waals surface area contributed by atoms with E-state index in [9.17, 15) is 4.79 Å². The third-order valence-electron chi connectivity index (χ3n) is 5.09. The second kappa shape index (κ2) is 8.61. The van der Waals surface area contributed by atoms with E-state index in [4.69, 9.17) is 13.9 Å². The van der Waals surface area contributed by atoms with Gasteiger partial charge in [0.25, 0.3) is 0 Å². The average molecular weight is 371 g/mol. The van der Waals surface area contributed by atoms with Crippen molar-refractivity contribution in [1.29, 1.82) is 0 Å². The van der Waals surface area contributed by atoms with Crippen LogP contribution in [0.3, 0.4) is 0 Å². The van der Waals surface area contributed by atoms with Crippen LogP contribution in [0.4, 0.5) is 0 Å². The summed E-state index contributed by atoms with van der Waals surface area (Å²) in [4.78, 5) is 12.2. The molecule has 0 saturated carbocycles. The Morgan fingerprint density at radius 3 is 2.85 bits per heavy atom. The number of aryl methyl sites for hydroxylation is 3. The lowest BCUT2D eigenvalue weighted by Crippen LogP contribution is -2.25. The van der Waals surface area contributed by atoms with Crippen molar-refractivity contribution >= 4 is 22.4 Å². The summed E-state index contributed by atoms with van der Waals surface area (Å²) in [6, 6.07) is 2.13. The molecule has 27 heavy (non-hydrogen) atoms. The van der Waals surface area contributed by atoms with Crippen LogP contribution in [-0.2, 0) is 22.4 Å². The van der Waals surface area contributed by atoms with Crippen molar-refractivity contribution in [1.82, 2.24) is 5.32 Å². The van der Waals surface area contributed by atoms with Gasteiger partial charge in [0.1, 0.15) is 17.1 Å². The van der Waals surface area contributed by atoms with Crippen LogP contribution >= 0.6 is 0 Å². The molecule has 5 heteroatoms. The van der Waals surface area contributed by atoms with E-state index in [1.54, 1.807) is 13.2 Å². The molecule has 1 aliphatic carbocycles. The van der Waals surface area contributed by atoms with E-state index in [1.165, 1.54) is 18.4 Å². The molecule has 2 aromatic rings. The molecule has 0 saturated heterocycles. The highest BCUT2D eigenvalue weighted by atomic mass is 16.5. The number of carbonyl (C=O) groups excluding carboxylic acids is 1. The number of hydrogen-bond acceptors (Lipinski definition) is 4. The van der Waals surface area contributed by atoms with Crippen molar-refractivity contribution in [3.05, 3.63) is 34.6 Å². The van der Waals surface area contributed by atoms with Crippen molar-refractivity contribution in [3.8, 4) is 5.75 Å². The summed E-state index contributed by atoms with van der Waals surface area (Å²) in [6.07, 6.45) is 6.05. The van der Waals surface area contributed by atoms with Crippen LogP contribution in [0.5, 0.6) is 5.75 Å². The normalized spacial score (nSPS) is 14.3. The summed E-state index contributed by atoms with van der Waals surface area (Å²) in [6.45, 7) is 7.51. The van der Waals surface area contributed by atoms with Crippen LogP contribution in [0.15, 0.2) is 16.6 Å². The number of fused-ring (bicyclic) bond motifs is 3. The maximum absolute atomic E-state index is 12.2. The smallest absolute Gasteiger partial charge is 0.244 e. The highest BCUT2D eigenvalue weighted by Gasteiger charge is 2.23. The van der Waals surface area contributed by atoms with Gasteiger partial charge >= 0.3 is 0 Å². The van der Waals surface area contributed by atoms with Crippen LogP contribution in [0.1, 0.15) is 49.1 Å². The van der Waals surface area contributed by atoms with Crippen molar-refractivity contribution in [2.45, 2.75) is 46.5 Å². The molecule has 1 aromatic carbocycles. The average Bonchev–Trinajstić information content (AvgIpc) is 3.03. The Morgan fingerprint density at radius 1 is 1.33 bits per heavy atom. The molecule has 1 amide bonds. The molecule has 0 radical (unpaired) electrons. The Bertz CT molecular complexity index is 863. The fourth-order valence-electron chi connectivity index (χ4n) is 3.76. The summed E-state index contributed by atoms with van der Waals surface area (Å²) < 4.78 is 17.1. The van der Waals surface area contributed by atoms with Gasteiger partial charge in [0.05, 0.1) is 13.2 Å². The van der Waals surface area contributed by atoms with Crippen molar-refractivity contribution < 1.29 is 18.7 Å². The lowest BCUT2D eigenvalue weighted by Gasteiger charge is -2.15. The Kier molecular flexibility index (Phi) is 6.22. The Labute approximate surface area is 160 Å². The minimum Gasteiger partial charge on any atom is -0.493 e. The molecule has 0 spiro atoms. The van der Waals surface area contributed by atoms with Crippen molar-refractivity contribution in [2.75, 3.05) is 26.9 Å². The first-order chi connectivity index (χ1) is 13.1. The topological polar surface area (TPSA) is 60.7 Å². The minimum absolute atomic E-state index is 0.126. The second-order valence-electron chi connectivity index (χ2n) is 7.01. The Morgan fingerprint density at radius 2 is 2.11 bits per heavy atom. The summed E-state index contributed by atoms with van der Waals surface area (Å²) in [5.74, 6) is 1.78. The van der Waals surface area contributed by atoms with Gasteiger partial charge in [0, 0.05) is 48.2 Å². The van der Waals surface area contributed by atoms with Gasteiger partial charge in [0.2, 0.25) is 5.91 Å². The largest absolute Gasteiger partial charge is 0.493 e. The van der Waals surface area contributed by atoms with Gasteiger partial charge < -0.3 is 19.2 Å². The summed E-state index contributed by atoms with van der Waals surface area (Å²) >= 11 is 0. The molecule has 0 fully saturated rings. The summed E-state index contributed by atoms with van der Waals surface area (Å²) in [7, 11) is 1.62. The van der Waals surface area contributed by atoms with E-state index < -0.39 is 0 Å². The molecule has 3 rings (SSSR count). The fourth-order valence-corrected chi connectivity index (χ4v) is 3.76. The van der Waals surface area contributed by atoms with Crippen molar-refractivity contribution in [2.24, 2.45) is 0 Å². The fraction of sp³-hybridized carbons (Fsp3) is 0.500. The first-order valence-electron chi connectivity index (χ1n) is 9.72. The lowest BCUT2D eigenvalue weighted by atomic mass is 9.93. The van der Waals surface area contributed by atoms with Gasteiger partial charge in [-0.15, -0.1) is 0 Å². The number of furan rings is 1. The van der Waals surface area contributed by atoms with Gasteiger partial charge in [0.15, 0.2) is 0 Å². The van der Waals surface area contributed by atoms with E-state index in [2.05, 4.69) is 11.4 Å². The molecule has 1 aromatic heterocycles. The first kappa shape index (κ1) is 19.5. The van der Waals surface area contributed by atoms with Crippen LogP contribution < -0.4 is 10.1 Å². The number of nitrogens with one attached hydrogen (secondary N) is 1. The Hall–Kier alpha value is -2.27. The number of benzene rings is 1. The monoisotopic (exact) mass is 371 g/mol. The predicted molar refractivity (Wildman–Crippen MR) is 107 cm³/mol. The number of ether oxygens (including phenoxy) is 2. The molecule has 1 aliphatic rings. The van der Waals surface area contributed by atoms with E-state index in [0.717, 1.165) is 52.0 Å². The second-order valence-corrected chi connectivity index (χ2v) is 7.01. The summed E-state index contributed by atoms with van der Waals surface area (Å²) in [5.41, 5.74) is 5.08. The number of amides is 1. The van der Waals surface area contributed by atoms with Crippen LogP contribution in [0.2, 0.25) is 0 Å². The molecule has 146 valence electrons. The van der Waals surface area contributed by atoms with Crippen LogP contribution in [0.25, 0.3) is 16.5 Å². The van der Waals surface area contributed by atoms with E-state index in [1.807, 2.05) is 20.8 Å². The van der Waals surface area contributed by atoms with E-state index in [0.29, 0.717) is 19.8 Å². The zero-order chi connectivity index (χ0) is 19.4. The quantitative estimate of drug-likeness (QED) is 0.586. The predicted octanol–water partition coefficient (Wildman–Crippen LogP) is 4.18. The molecule has 0 atom stereocenters. The maximum Gasteiger partial charge on any atom is 0.244 e. The standard InChI is InChI=1S/C22H29NO4/c1-5-26-21-15(3)22-18(16-8-6-7-9-19(16)27-22)13-17(21)14(2)12-20(24)23-10-11-25-4/h12-13H,5-11H2,1-4H3,(H,23,24)/b14-12+. The highest BCUT2D eigenvalue weighted by molar-refractivity contribution is 5.98. The van der Waals surface area contributed by atoms with E-state index in [-0.39, 0.29) is 5.91 Å². The van der Waals surface area contributed by atoms with Gasteiger partial charge in [-0.2, -0.15) is 0 Å². The first-order valence-corrected chi connectivity index (χ1v) is 9.72. The molecular weight excluding hydrogens is 342 g/mol. The molecule has 1 N–H and O–H groups in total. The van der Waals surface area contributed by atoms with Gasteiger partial charge in [-0.25, -0.2) is 0 Å². The maximum atomic E-state index is 12.2. The zero-order valence-corrected chi connectivity index (χ0v) is 16.7. The molecule has 1 heterocycles. The zero-order valence-electron chi connectivity index (χ0n) is 16.7. The number of carbonyl (C=O) groups is 1. The third kappa shape index (κ3) is 4.03. The van der Waals surface area contributed by atoms with E-state index >= 15 is 0 Å². The van der Waals surface area contributed by atoms with Gasteiger partial charge in [-0.3, -0.25) is 4.79 Å². The van der Waals surface area contributed by atoms with Crippen LogP contribution in [-0.4, -0.2) is 32.8 Å². The number of methoxy groups -OCH3 is 1. The molecule has 0 aliphatic heterocycles. The third-order valence-corrected chi connectivity index (χ3v) is 5.09. The molecular formula is C22H29NO4. The SMILES string of the molecule is CCOc1c(/C(C)=C/C(=O)NCCOC)cc2c3c(oc2c1C)CCCC3. The minimum atomic E-state index is -0.126. The highest BCUT2D eigenvalue weighted by Crippen LogP contribution is 2.41. The number of allylic oxidation sites excluding steroid dienone is 1. The van der Waals surface area contributed by atoms with Crippen LogP contribution in [0, 0.1) is 6.92 Å². The lowest BCUT2D eigenvalue weighted by molar-refractivity contribution is -0.116. The Balaban J connectivity index is 2.04.